The lowest BCUT2D eigenvalue weighted by Crippen LogP contribution is -2.11. The third-order valence-corrected chi connectivity index (χ3v) is 3.28. The second-order valence-corrected chi connectivity index (χ2v) is 5.05. The fourth-order valence-electron chi connectivity index (χ4n) is 2.05. The van der Waals surface area contributed by atoms with Crippen molar-refractivity contribution in [3.63, 3.8) is 0 Å². The number of aryl methyl sites for hydroxylation is 1. The predicted octanol–water partition coefficient (Wildman–Crippen LogP) is 2.20. The molecule has 0 atom stereocenters. The smallest absolute Gasteiger partial charge is 0.332 e. The van der Waals surface area contributed by atoms with Crippen LogP contribution >= 0.6 is 0 Å². The van der Waals surface area contributed by atoms with Crippen LogP contribution < -0.4 is 10.1 Å². The summed E-state index contributed by atoms with van der Waals surface area (Å²) < 4.78 is 10.2. The predicted molar refractivity (Wildman–Crippen MR) is 89.3 cm³/mol. The fraction of sp³-hybridized carbons (Fsp3) is 0.312. The maximum Gasteiger partial charge on any atom is 0.332 e. The van der Waals surface area contributed by atoms with Crippen molar-refractivity contribution in [1.82, 2.24) is 9.97 Å². The molecule has 0 fully saturated rings. The first-order valence-electron chi connectivity index (χ1n) is 7.42. The van der Waals surface area contributed by atoms with Gasteiger partial charge in [-0.2, -0.15) is 15.2 Å². The molecule has 0 aliphatic carbocycles. The Morgan fingerprint density at radius 2 is 2.00 bits per heavy atom. The summed E-state index contributed by atoms with van der Waals surface area (Å²) in [6.07, 6.45) is 0. The zero-order valence-electron chi connectivity index (χ0n) is 13.9. The van der Waals surface area contributed by atoms with Gasteiger partial charge in [0.2, 0.25) is 5.82 Å². The number of methoxy groups -OCH3 is 1. The molecule has 0 saturated carbocycles. The molecule has 1 aromatic heterocycles. The SMILES string of the molecule is COCCOc1nc(C)c([N+](=O)[O-])c(NCc2ccc(C#N)cc2)n1. The summed E-state index contributed by atoms with van der Waals surface area (Å²) in [7, 11) is 1.54. The molecular formula is C16H17N5O4. The van der Waals surface area contributed by atoms with E-state index >= 15 is 0 Å². The van der Waals surface area contributed by atoms with Crippen LogP contribution in [0.4, 0.5) is 11.5 Å². The second-order valence-electron chi connectivity index (χ2n) is 5.05. The first-order valence-corrected chi connectivity index (χ1v) is 7.42. The zero-order chi connectivity index (χ0) is 18.2. The molecule has 9 nitrogen and oxygen atoms in total. The monoisotopic (exact) mass is 343 g/mol. The van der Waals surface area contributed by atoms with Crippen molar-refractivity contribution in [2.24, 2.45) is 0 Å². The number of benzene rings is 1. The number of hydrogen-bond donors (Lipinski definition) is 1. The molecule has 2 aromatic rings. The van der Waals surface area contributed by atoms with E-state index in [1.54, 1.807) is 24.3 Å². The molecule has 2 rings (SSSR count). The van der Waals surface area contributed by atoms with E-state index in [2.05, 4.69) is 15.3 Å². The summed E-state index contributed by atoms with van der Waals surface area (Å²) in [4.78, 5) is 18.8. The number of rotatable bonds is 8. The van der Waals surface area contributed by atoms with Gasteiger partial charge in [0.15, 0.2) is 0 Å². The molecular weight excluding hydrogens is 326 g/mol. The fourth-order valence-corrected chi connectivity index (χ4v) is 2.05. The van der Waals surface area contributed by atoms with Crippen LogP contribution in [0.1, 0.15) is 16.8 Å². The Labute approximate surface area is 144 Å². The van der Waals surface area contributed by atoms with E-state index in [1.807, 2.05) is 6.07 Å². The van der Waals surface area contributed by atoms with Gasteiger partial charge in [0.05, 0.1) is 23.2 Å². The third-order valence-electron chi connectivity index (χ3n) is 3.28. The molecule has 1 N–H and O–H groups in total. The lowest BCUT2D eigenvalue weighted by molar-refractivity contribution is -0.385. The van der Waals surface area contributed by atoms with Gasteiger partial charge in [-0.05, 0) is 24.6 Å². The topological polar surface area (TPSA) is 123 Å². The van der Waals surface area contributed by atoms with Crippen LogP contribution in [-0.4, -0.2) is 35.2 Å². The summed E-state index contributed by atoms with van der Waals surface area (Å²) in [6, 6.07) is 8.96. The van der Waals surface area contributed by atoms with Crippen LogP contribution in [0.5, 0.6) is 6.01 Å². The van der Waals surface area contributed by atoms with Crippen molar-refractivity contribution in [2.75, 3.05) is 25.6 Å². The van der Waals surface area contributed by atoms with Gasteiger partial charge in [0.25, 0.3) is 0 Å². The average molecular weight is 343 g/mol. The van der Waals surface area contributed by atoms with Crippen molar-refractivity contribution in [3.05, 3.63) is 51.2 Å². The highest BCUT2D eigenvalue weighted by Crippen LogP contribution is 2.27. The molecule has 0 unspecified atom stereocenters. The van der Waals surface area contributed by atoms with Gasteiger partial charge in [0, 0.05) is 13.7 Å². The van der Waals surface area contributed by atoms with Gasteiger partial charge in [0.1, 0.15) is 12.3 Å². The maximum atomic E-state index is 11.3. The lowest BCUT2D eigenvalue weighted by atomic mass is 10.1. The van der Waals surface area contributed by atoms with Crippen molar-refractivity contribution >= 4 is 11.5 Å². The Hall–Kier alpha value is -3.25. The standard InChI is InChI=1S/C16H17N5O4/c1-11-14(21(22)23)15(20-16(19-11)25-8-7-24-2)18-10-13-5-3-12(9-17)4-6-13/h3-6H,7-8,10H2,1-2H3,(H,18,19,20). The molecule has 0 saturated heterocycles. The number of nitrogens with zero attached hydrogens (tertiary/aromatic N) is 4. The minimum absolute atomic E-state index is 0.0440. The van der Waals surface area contributed by atoms with Crippen LogP contribution in [0.3, 0.4) is 0 Å². The van der Waals surface area contributed by atoms with Gasteiger partial charge in [-0.3, -0.25) is 10.1 Å². The minimum atomic E-state index is -0.532. The lowest BCUT2D eigenvalue weighted by Gasteiger charge is -2.10. The van der Waals surface area contributed by atoms with E-state index in [1.165, 1.54) is 14.0 Å². The molecule has 1 heterocycles. The van der Waals surface area contributed by atoms with E-state index in [0.29, 0.717) is 18.7 Å². The highest BCUT2D eigenvalue weighted by atomic mass is 16.6. The van der Waals surface area contributed by atoms with E-state index in [4.69, 9.17) is 14.7 Å². The van der Waals surface area contributed by atoms with Gasteiger partial charge in [-0.1, -0.05) is 12.1 Å². The Kier molecular flexibility index (Phi) is 6.20. The van der Waals surface area contributed by atoms with Gasteiger partial charge in [-0.25, -0.2) is 0 Å². The molecule has 0 radical (unpaired) electrons. The molecule has 0 amide bonds. The van der Waals surface area contributed by atoms with Crippen molar-refractivity contribution < 1.29 is 14.4 Å². The largest absolute Gasteiger partial charge is 0.461 e. The number of hydrogen-bond acceptors (Lipinski definition) is 8. The zero-order valence-corrected chi connectivity index (χ0v) is 13.9. The Balaban J connectivity index is 2.20. The van der Waals surface area contributed by atoms with Crippen molar-refractivity contribution in [1.29, 1.82) is 5.26 Å². The van der Waals surface area contributed by atoms with Crippen LogP contribution in [0.25, 0.3) is 0 Å². The summed E-state index contributed by atoms with van der Waals surface area (Å²) in [5.41, 5.74) is 1.40. The molecule has 0 bridgehead atoms. The summed E-state index contributed by atoms with van der Waals surface area (Å²) >= 11 is 0. The van der Waals surface area contributed by atoms with Crippen LogP contribution in [-0.2, 0) is 11.3 Å². The molecule has 130 valence electrons. The molecule has 9 heteroatoms. The number of aromatic nitrogens is 2. The van der Waals surface area contributed by atoms with E-state index < -0.39 is 4.92 Å². The van der Waals surface area contributed by atoms with Crippen LogP contribution in [0, 0.1) is 28.4 Å². The number of anilines is 1. The van der Waals surface area contributed by atoms with E-state index in [-0.39, 0.29) is 29.8 Å². The minimum Gasteiger partial charge on any atom is -0.461 e. The normalized spacial score (nSPS) is 10.1. The Bertz CT molecular complexity index is 786. The summed E-state index contributed by atoms with van der Waals surface area (Å²) in [5, 5.41) is 23.0. The van der Waals surface area contributed by atoms with Crippen LogP contribution in [0.2, 0.25) is 0 Å². The van der Waals surface area contributed by atoms with E-state index in [0.717, 1.165) is 5.56 Å². The molecule has 0 aliphatic rings. The summed E-state index contributed by atoms with van der Waals surface area (Å²) in [5.74, 6) is 0.0780. The summed E-state index contributed by atoms with van der Waals surface area (Å²) in [6.45, 7) is 2.42. The molecule has 0 spiro atoms. The van der Waals surface area contributed by atoms with Crippen LogP contribution in [0.15, 0.2) is 24.3 Å². The number of nitriles is 1. The Morgan fingerprint density at radius 3 is 2.60 bits per heavy atom. The highest BCUT2D eigenvalue weighted by Gasteiger charge is 2.22. The number of nitrogens with one attached hydrogen (secondary N) is 1. The second kappa shape index (κ2) is 8.56. The van der Waals surface area contributed by atoms with Crippen molar-refractivity contribution in [2.45, 2.75) is 13.5 Å². The Morgan fingerprint density at radius 1 is 1.28 bits per heavy atom. The molecule has 25 heavy (non-hydrogen) atoms. The van der Waals surface area contributed by atoms with Crippen molar-refractivity contribution in [3.8, 4) is 12.1 Å². The van der Waals surface area contributed by atoms with E-state index in [9.17, 15) is 10.1 Å². The van der Waals surface area contributed by atoms with Gasteiger partial charge in [-0.15, -0.1) is 0 Å². The highest BCUT2D eigenvalue weighted by molar-refractivity contribution is 5.59. The van der Waals surface area contributed by atoms with Gasteiger partial charge >= 0.3 is 11.7 Å². The number of ether oxygens (including phenoxy) is 2. The molecule has 0 aliphatic heterocycles. The maximum absolute atomic E-state index is 11.3. The first kappa shape index (κ1) is 18.1. The first-order chi connectivity index (χ1) is 12.0. The quantitative estimate of drug-likeness (QED) is 0.439. The van der Waals surface area contributed by atoms with Gasteiger partial charge < -0.3 is 14.8 Å². The third kappa shape index (κ3) is 4.86. The average Bonchev–Trinajstić information content (AvgIpc) is 2.60. The number of nitro groups is 1. The molecule has 1 aromatic carbocycles.